The van der Waals surface area contributed by atoms with Crippen LogP contribution in [0.4, 0.5) is 0 Å². The van der Waals surface area contributed by atoms with Gasteiger partial charge in [-0.3, -0.25) is 9.79 Å². The summed E-state index contributed by atoms with van der Waals surface area (Å²) in [7, 11) is 0. The molecule has 0 aromatic heterocycles. The van der Waals surface area contributed by atoms with Gasteiger partial charge in [0.15, 0.2) is 5.96 Å². The Hall–Kier alpha value is -0.180. The van der Waals surface area contributed by atoms with E-state index in [9.17, 15) is 4.79 Å². The number of rotatable bonds is 7. The van der Waals surface area contributed by atoms with Crippen LogP contribution >= 0.6 is 35.7 Å². The Labute approximate surface area is 163 Å². The fourth-order valence-corrected chi connectivity index (χ4v) is 3.76. The number of halogens is 1. The number of hydrogen-bond donors (Lipinski definition) is 1. The molecule has 0 bridgehead atoms. The highest BCUT2D eigenvalue weighted by Crippen LogP contribution is 2.21. The summed E-state index contributed by atoms with van der Waals surface area (Å²) in [5.74, 6) is 2.32. The van der Waals surface area contributed by atoms with Crippen LogP contribution in [-0.4, -0.2) is 71.9 Å². The van der Waals surface area contributed by atoms with Crippen molar-refractivity contribution in [3.63, 3.8) is 0 Å². The Balaban J connectivity index is 0.00000484. The maximum atomic E-state index is 12.0. The van der Waals surface area contributed by atoms with Crippen LogP contribution in [0, 0.1) is 0 Å². The number of carbonyl (C=O) groups excluding carboxylic acids is 1. The van der Waals surface area contributed by atoms with Gasteiger partial charge in [-0.05, 0) is 27.2 Å². The van der Waals surface area contributed by atoms with Gasteiger partial charge in [0.05, 0.1) is 6.54 Å². The van der Waals surface area contributed by atoms with Crippen molar-refractivity contribution in [2.75, 3.05) is 45.0 Å². The summed E-state index contributed by atoms with van der Waals surface area (Å²) in [6, 6.07) is 0. The number of thioether (sulfide) groups is 1. The molecule has 1 atom stereocenters. The third kappa shape index (κ3) is 7.96. The first-order chi connectivity index (χ1) is 10.7. The molecular formula is C16H33IN4OS. The largest absolute Gasteiger partial charge is 0.357 e. The minimum Gasteiger partial charge on any atom is -0.357 e. The highest BCUT2D eigenvalue weighted by Gasteiger charge is 2.21. The van der Waals surface area contributed by atoms with Crippen LogP contribution in [0.2, 0.25) is 0 Å². The van der Waals surface area contributed by atoms with Gasteiger partial charge in [-0.1, -0.05) is 6.92 Å². The second-order valence-corrected chi connectivity index (χ2v) is 6.81. The van der Waals surface area contributed by atoms with Gasteiger partial charge in [-0.25, -0.2) is 0 Å². The first-order valence-corrected chi connectivity index (χ1v) is 9.63. The van der Waals surface area contributed by atoms with E-state index < -0.39 is 0 Å². The van der Waals surface area contributed by atoms with Crippen LogP contribution in [0.1, 0.15) is 40.5 Å². The molecule has 23 heavy (non-hydrogen) atoms. The number of aliphatic imine (C=N–C) groups is 1. The van der Waals surface area contributed by atoms with E-state index in [2.05, 4.69) is 40.8 Å². The van der Waals surface area contributed by atoms with Crippen molar-refractivity contribution in [1.82, 2.24) is 15.1 Å². The standard InChI is InChI=1S/C16H32N4OS.HI/c1-5-14-13-20(11-12-22-14)16(17-6-2)18-10-9-15(21)19(7-3)8-4;/h14H,5-13H2,1-4H3,(H,17,18);1H. The monoisotopic (exact) mass is 456 g/mol. The van der Waals surface area contributed by atoms with E-state index in [4.69, 9.17) is 0 Å². The molecule has 0 aliphatic carbocycles. The van der Waals surface area contributed by atoms with E-state index in [0.717, 1.165) is 44.4 Å². The number of amides is 1. The Bertz CT molecular complexity index is 364. The van der Waals surface area contributed by atoms with Crippen molar-refractivity contribution < 1.29 is 4.79 Å². The van der Waals surface area contributed by atoms with Crippen LogP contribution < -0.4 is 5.32 Å². The molecule has 136 valence electrons. The van der Waals surface area contributed by atoms with Gasteiger partial charge >= 0.3 is 0 Å². The molecule has 7 heteroatoms. The van der Waals surface area contributed by atoms with Crippen LogP contribution in [0.3, 0.4) is 0 Å². The molecule has 1 heterocycles. The first kappa shape index (κ1) is 22.8. The van der Waals surface area contributed by atoms with E-state index in [1.54, 1.807) is 0 Å². The summed E-state index contributed by atoms with van der Waals surface area (Å²) in [6.45, 7) is 13.5. The normalized spacial score (nSPS) is 18.3. The Morgan fingerprint density at radius 3 is 2.57 bits per heavy atom. The van der Waals surface area contributed by atoms with E-state index in [1.165, 1.54) is 6.42 Å². The lowest BCUT2D eigenvalue weighted by Crippen LogP contribution is -2.48. The lowest BCUT2D eigenvalue weighted by atomic mass is 10.3. The third-order valence-electron chi connectivity index (χ3n) is 3.93. The molecule has 0 saturated carbocycles. The van der Waals surface area contributed by atoms with Crippen molar-refractivity contribution >= 4 is 47.6 Å². The summed E-state index contributed by atoms with van der Waals surface area (Å²) in [5, 5.41) is 4.06. The molecule has 1 aliphatic rings. The molecule has 1 saturated heterocycles. The lowest BCUT2D eigenvalue weighted by Gasteiger charge is -2.34. The molecule has 0 aromatic carbocycles. The minimum absolute atomic E-state index is 0. The van der Waals surface area contributed by atoms with Crippen LogP contribution in [0.5, 0.6) is 0 Å². The molecular weight excluding hydrogens is 423 g/mol. The van der Waals surface area contributed by atoms with Crippen LogP contribution in [0.25, 0.3) is 0 Å². The van der Waals surface area contributed by atoms with Gasteiger partial charge in [-0.15, -0.1) is 24.0 Å². The molecule has 1 rings (SSSR count). The van der Waals surface area contributed by atoms with Gasteiger partial charge < -0.3 is 15.1 Å². The van der Waals surface area contributed by atoms with E-state index >= 15 is 0 Å². The first-order valence-electron chi connectivity index (χ1n) is 8.58. The molecule has 1 amide bonds. The Morgan fingerprint density at radius 1 is 1.30 bits per heavy atom. The summed E-state index contributed by atoms with van der Waals surface area (Å²) < 4.78 is 0. The third-order valence-corrected chi connectivity index (χ3v) is 5.30. The van der Waals surface area contributed by atoms with Crippen molar-refractivity contribution in [3.05, 3.63) is 0 Å². The van der Waals surface area contributed by atoms with Crippen molar-refractivity contribution in [2.24, 2.45) is 4.99 Å². The number of guanidine groups is 1. The lowest BCUT2D eigenvalue weighted by molar-refractivity contribution is -0.130. The zero-order valence-corrected chi connectivity index (χ0v) is 18.2. The number of hydrogen-bond acceptors (Lipinski definition) is 3. The Morgan fingerprint density at radius 2 is 2.00 bits per heavy atom. The van der Waals surface area contributed by atoms with E-state index in [1.807, 2.05) is 18.7 Å². The zero-order valence-electron chi connectivity index (χ0n) is 15.0. The molecule has 1 aliphatic heterocycles. The molecule has 1 N–H and O–H groups in total. The van der Waals surface area contributed by atoms with Gasteiger partial charge in [-0.2, -0.15) is 11.8 Å². The molecule has 0 aromatic rings. The second kappa shape index (κ2) is 13.1. The van der Waals surface area contributed by atoms with E-state index in [0.29, 0.717) is 18.2 Å². The zero-order chi connectivity index (χ0) is 16.4. The van der Waals surface area contributed by atoms with Gasteiger partial charge in [0.2, 0.25) is 5.91 Å². The average Bonchev–Trinajstić information content (AvgIpc) is 2.55. The number of nitrogens with one attached hydrogen (secondary N) is 1. The highest BCUT2D eigenvalue weighted by atomic mass is 127. The van der Waals surface area contributed by atoms with Crippen LogP contribution in [-0.2, 0) is 4.79 Å². The van der Waals surface area contributed by atoms with Crippen molar-refractivity contribution in [1.29, 1.82) is 0 Å². The van der Waals surface area contributed by atoms with Gasteiger partial charge in [0.1, 0.15) is 0 Å². The molecule has 1 unspecified atom stereocenters. The minimum atomic E-state index is 0. The number of carbonyl (C=O) groups is 1. The Kier molecular flexibility index (Phi) is 13.0. The van der Waals surface area contributed by atoms with Gasteiger partial charge in [0, 0.05) is 50.1 Å². The van der Waals surface area contributed by atoms with Crippen LogP contribution in [0.15, 0.2) is 4.99 Å². The molecule has 5 nitrogen and oxygen atoms in total. The predicted molar refractivity (Wildman–Crippen MR) is 112 cm³/mol. The quantitative estimate of drug-likeness (QED) is 0.364. The second-order valence-electron chi connectivity index (χ2n) is 5.40. The molecule has 0 spiro atoms. The summed E-state index contributed by atoms with van der Waals surface area (Å²) in [5.41, 5.74) is 0. The SMILES string of the molecule is CCNC(=NCCC(=O)N(CC)CC)N1CCSC(CC)C1.I. The van der Waals surface area contributed by atoms with Crippen molar-refractivity contribution in [2.45, 2.75) is 45.8 Å². The summed E-state index contributed by atoms with van der Waals surface area (Å²) in [6.07, 6.45) is 1.69. The number of nitrogens with zero attached hydrogens (tertiary/aromatic N) is 3. The van der Waals surface area contributed by atoms with Gasteiger partial charge in [0.25, 0.3) is 0 Å². The molecule has 0 radical (unpaired) electrons. The topological polar surface area (TPSA) is 47.9 Å². The van der Waals surface area contributed by atoms with E-state index in [-0.39, 0.29) is 29.9 Å². The highest BCUT2D eigenvalue weighted by molar-refractivity contribution is 14.0. The maximum Gasteiger partial charge on any atom is 0.224 e. The molecule has 1 fully saturated rings. The summed E-state index contributed by atoms with van der Waals surface area (Å²) >= 11 is 2.06. The smallest absolute Gasteiger partial charge is 0.224 e. The predicted octanol–water partition coefficient (Wildman–Crippen LogP) is 2.66. The fourth-order valence-electron chi connectivity index (χ4n) is 2.58. The van der Waals surface area contributed by atoms with Crippen molar-refractivity contribution in [3.8, 4) is 0 Å². The average molecular weight is 456 g/mol. The maximum absolute atomic E-state index is 12.0. The fraction of sp³-hybridized carbons (Fsp3) is 0.875. The summed E-state index contributed by atoms with van der Waals surface area (Å²) in [4.78, 5) is 20.9.